The highest BCUT2D eigenvalue weighted by Crippen LogP contribution is 2.22. The molecule has 1 saturated heterocycles. The molecule has 3 aromatic rings. The number of carbonyl (C=O) groups is 2. The van der Waals surface area contributed by atoms with Crippen LogP contribution in [0, 0.1) is 5.82 Å². The maximum absolute atomic E-state index is 13.3. The van der Waals surface area contributed by atoms with Gasteiger partial charge in [-0.05, 0) is 80.4 Å². The van der Waals surface area contributed by atoms with E-state index < -0.39 is 5.82 Å². The third kappa shape index (κ3) is 6.45. The zero-order chi connectivity index (χ0) is 27.1. The van der Waals surface area contributed by atoms with Crippen LogP contribution >= 0.6 is 0 Å². The summed E-state index contributed by atoms with van der Waals surface area (Å²) in [6.07, 6.45) is 1.49. The molecule has 9 heteroatoms. The van der Waals surface area contributed by atoms with E-state index in [0.717, 1.165) is 35.8 Å². The molecule has 0 N–H and O–H groups in total. The Hall–Kier alpha value is -4.01. The maximum Gasteiger partial charge on any atom is 0.254 e. The van der Waals surface area contributed by atoms with Gasteiger partial charge in [-0.15, -0.1) is 10.2 Å². The Morgan fingerprint density at radius 2 is 1.71 bits per heavy atom. The van der Waals surface area contributed by atoms with Crippen molar-refractivity contribution in [1.29, 1.82) is 0 Å². The molecule has 0 unspecified atom stereocenters. The Morgan fingerprint density at radius 1 is 0.974 bits per heavy atom. The number of ether oxygens (including phenoxy) is 1. The van der Waals surface area contributed by atoms with Gasteiger partial charge in [0.05, 0.1) is 12.8 Å². The summed E-state index contributed by atoms with van der Waals surface area (Å²) in [7, 11) is 1.63. The molecule has 200 valence electrons. The highest BCUT2D eigenvalue weighted by atomic mass is 19.1. The molecule has 0 radical (unpaired) electrons. The van der Waals surface area contributed by atoms with Crippen LogP contribution in [0.1, 0.15) is 37.0 Å². The molecule has 1 fully saturated rings. The van der Waals surface area contributed by atoms with Crippen molar-refractivity contribution in [3.8, 4) is 17.0 Å². The number of benzene rings is 2. The van der Waals surface area contributed by atoms with Crippen molar-refractivity contribution in [3.63, 3.8) is 0 Å². The Morgan fingerprint density at radius 3 is 2.34 bits per heavy atom. The molecule has 0 aliphatic carbocycles. The van der Waals surface area contributed by atoms with Crippen molar-refractivity contribution >= 4 is 17.6 Å². The molecule has 2 aromatic carbocycles. The fraction of sp³-hybridized carbons (Fsp3) is 0.379. The topological polar surface area (TPSA) is 78.9 Å². The minimum absolute atomic E-state index is 0.0123. The molecule has 2 heterocycles. The number of anilines is 1. The first-order chi connectivity index (χ1) is 18.4. The van der Waals surface area contributed by atoms with Gasteiger partial charge in [0.1, 0.15) is 18.1 Å². The van der Waals surface area contributed by atoms with Gasteiger partial charge in [0, 0.05) is 43.3 Å². The number of amides is 2. The van der Waals surface area contributed by atoms with Gasteiger partial charge >= 0.3 is 0 Å². The summed E-state index contributed by atoms with van der Waals surface area (Å²) in [5.74, 6) is 0.792. The van der Waals surface area contributed by atoms with Crippen LogP contribution in [0.15, 0.2) is 60.7 Å². The zero-order valence-corrected chi connectivity index (χ0v) is 22.1. The second kappa shape index (κ2) is 12.5. The van der Waals surface area contributed by atoms with Crippen LogP contribution in [-0.4, -0.2) is 77.7 Å². The number of carbonyl (C=O) groups excluding carboxylic acids is 2. The second-order valence-electron chi connectivity index (χ2n) is 9.42. The molecule has 1 atom stereocenters. The second-order valence-corrected chi connectivity index (χ2v) is 9.42. The first-order valence-electron chi connectivity index (χ1n) is 13.0. The molecule has 1 aliphatic rings. The summed E-state index contributed by atoms with van der Waals surface area (Å²) in [5, 5.41) is 8.85. The lowest BCUT2D eigenvalue weighted by Gasteiger charge is -2.31. The summed E-state index contributed by atoms with van der Waals surface area (Å²) in [4.78, 5) is 32.0. The van der Waals surface area contributed by atoms with Crippen molar-refractivity contribution in [2.45, 2.75) is 32.7 Å². The maximum atomic E-state index is 13.3. The van der Waals surface area contributed by atoms with Crippen molar-refractivity contribution in [1.82, 2.24) is 20.0 Å². The fourth-order valence-electron chi connectivity index (χ4n) is 4.46. The zero-order valence-electron chi connectivity index (χ0n) is 22.1. The van der Waals surface area contributed by atoms with E-state index in [-0.39, 0.29) is 24.4 Å². The number of nitrogens with zero attached hydrogens (tertiary/aromatic N) is 5. The molecular formula is C29H34FN5O3. The molecule has 0 spiro atoms. The van der Waals surface area contributed by atoms with Gasteiger partial charge in [-0.1, -0.05) is 6.92 Å². The summed E-state index contributed by atoms with van der Waals surface area (Å²) in [6.45, 7) is 6.40. The molecule has 1 aromatic heterocycles. The van der Waals surface area contributed by atoms with Crippen LogP contribution in [-0.2, 0) is 4.79 Å². The van der Waals surface area contributed by atoms with E-state index in [9.17, 15) is 14.0 Å². The van der Waals surface area contributed by atoms with Gasteiger partial charge in [0.2, 0.25) is 5.91 Å². The Bertz CT molecular complexity index is 1220. The third-order valence-corrected chi connectivity index (χ3v) is 6.99. The van der Waals surface area contributed by atoms with Crippen LogP contribution in [0.4, 0.5) is 10.2 Å². The van der Waals surface area contributed by atoms with E-state index in [2.05, 4.69) is 15.1 Å². The number of methoxy groups -OCH3 is 1. The number of halogens is 1. The Balaban J connectivity index is 1.38. The lowest BCUT2D eigenvalue weighted by Crippen LogP contribution is -2.47. The Kier molecular flexibility index (Phi) is 8.89. The number of aromatic nitrogens is 2. The van der Waals surface area contributed by atoms with Crippen molar-refractivity contribution in [3.05, 3.63) is 72.0 Å². The normalized spacial score (nSPS) is 14.5. The standard InChI is InChI=1S/C29H34FN5O3/c1-4-21(2)35(29(37)23-6-10-24(30)11-7-23)20-28(36)34-17-5-16-33(18-19-34)27-15-14-26(31-32-27)22-8-12-25(38-3)13-9-22/h6-15,21H,4-5,16-20H2,1-3H3/t21-/m0/s1. The molecule has 8 nitrogen and oxygen atoms in total. The lowest BCUT2D eigenvalue weighted by molar-refractivity contribution is -0.132. The molecule has 0 bridgehead atoms. The van der Waals surface area contributed by atoms with Gasteiger partial charge in [-0.3, -0.25) is 9.59 Å². The van der Waals surface area contributed by atoms with E-state index in [0.29, 0.717) is 31.6 Å². The van der Waals surface area contributed by atoms with E-state index >= 15 is 0 Å². The highest BCUT2D eigenvalue weighted by molar-refractivity contribution is 5.96. The van der Waals surface area contributed by atoms with Gasteiger partial charge in [0.15, 0.2) is 5.82 Å². The average molecular weight is 520 g/mol. The quantitative estimate of drug-likeness (QED) is 0.442. The van der Waals surface area contributed by atoms with Crippen LogP contribution in [0.3, 0.4) is 0 Å². The number of hydrogen-bond donors (Lipinski definition) is 0. The van der Waals surface area contributed by atoms with Crippen LogP contribution in [0.25, 0.3) is 11.3 Å². The smallest absolute Gasteiger partial charge is 0.254 e. The molecule has 0 saturated carbocycles. The monoisotopic (exact) mass is 519 g/mol. The van der Waals surface area contributed by atoms with Gasteiger partial charge in [0.25, 0.3) is 5.91 Å². The van der Waals surface area contributed by atoms with E-state index in [1.165, 1.54) is 24.3 Å². The predicted octanol–water partition coefficient (Wildman–Crippen LogP) is 4.27. The Labute approximate surface area is 223 Å². The fourth-order valence-corrected chi connectivity index (χ4v) is 4.46. The third-order valence-electron chi connectivity index (χ3n) is 6.99. The molecular weight excluding hydrogens is 485 g/mol. The van der Waals surface area contributed by atoms with Gasteiger partial charge < -0.3 is 19.4 Å². The number of rotatable bonds is 8. The van der Waals surface area contributed by atoms with E-state index in [1.54, 1.807) is 12.0 Å². The predicted molar refractivity (Wildman–Crippen MR) is 145 cm³/mol. The molecule has 4 rings (SSSR count). The molecule has 38 heavy (non-hydrogen) atoms. The molecule has 1 aliphatic heterocycles. The first-order valence-corrected chi connectivity index (χ1v) is 13.0. The average Bonchev–Trinajstić information content (AvgIpc) is 3.22. The number of hydrogen-bond acceptors (Lipinski definition) is 6. The first kappa shape index (κ1) is 27.0. The van der Waals surface area contributed by atoms with Crippen molar-refractivity contribution in [2.75, 3.05) is 44.7 Å². The van der Waals surface area contributed by atoms with Crippen LogP contribution in [0.2, 0.25) is 0 Å². The lowest BCUT2D eigenvalue weighted by atomic mass is 10.1. The summed E-state index contributed by atoms with van der Waals surface area (Å²) >= 11 is 0. The SMILES string of the molecule is CC[C@H](C)N(CC(=O)N1CCCN(c2ccc(-c3ccc(OC)cc3)nn2)CC1)C(=O)c1ccc(F)cc1. The largest absolute Gasteiger partial charge is 0.497 e. The van der Waals surface area contributed by atoms with E-state index in [4.69, 9.17) is 4.74 Å². The molecule has 2 amide bonds. The van der Waals surface area contributed by atoms with Crippen LogP contribution in [0.5, 0.6) is 5.75 Å². The van der Waals surface area contributed by atoms with Crippen molar-refractivity contribution < 1.29 is 18.7 Å². The summed E-state index contributed by atoms with van der Waals surface area (Å²) in [5.41, 5.74) is 2.11. The van der Waals surface area contributed by atoms with Gasteiger partial charge in [-0.2, -0.15) is 0 Å². The van der Waals surface area contributed by atoms with Crippen molar-refractivity contribution in [2.24, 2.45) is 0 Å². The minimum Gasteiger partial charge on any atom is -0.497 e. The summed E-state index contributed by atoms with van der Waals surface area (Å²) in [6, 6.07) is 16.9. The van der Waals surface area contributed by atoms with Crippen LogP contribution < -0.4 is 9.64 Å². The van der Waals surface area contributed by atoms with E-state index in [1.807, 2.05) is 55.1 Å². The minimum atomic E-state index is -0.401. The van der Waals surface area contributed by atoms with Gasteiger partial charge in [-0.25, -0.2) is 4.39 Å². The summed E-state index contributed by atoms with van der Waals surface area (Å²) < 4.78 is 18.6. The highest BCUT2D eigenvalue weighted by Gasteiger charge is 2.27.